The summed E-state index contributed by atoms with van der Waals surface area (Å²) >= 11 is 0. The van der Waals surface area contributed by atoms with E-state index in [2.05, 4.69) is 47.9 Å². The van der Waals surface area contributed by atoms with Gasteiger partial charge in [0.15, 0.2) is 0 Å². The van der Waals surface area contributed by atoms with Crippen LogP contribution in [0.3, 0.4) is 0 Å². The predicted molar refractivity (Wildman–Crippen MR) is 72.6 cm³/mol. The van der Waals surface area contributed by atoms with E-state index in [4.69, 9.17) is 0 Å². The molecule has 94 valence electrons. The molecule has 0 aliphatic heterocycles. The second-order valence-electron chi connectivity index (χ2n) is 5.13. The number of aryl methyl sites for hydroxylation is 1. The van der Waals surface area contributed by atoms with Gasteiger partial charge in [0.2, 0.25) is 0 Å². The highest BCUT2D eigenvalue weighted by atomic mass is 15.2. The SMILES string of the molecule is CNC(Cc1cnn(C)c1)C1Cc2ccccc21. The summed E-state index contributed by atoms with van der Waals surface area (Å²) in [6.45, 7) is 0. The van der Waals surface area contributed by atoms with Gasteiger partial charge in [0, 0.05) is 25.2 Å². The van der Waals surface area contributed by atoms with Gasteiger partial charge in [-0.3, -0.25) is 4.68 Å². The smallest absolute Gasteiger partial charge is 0.0522 e. The summed E-state index contributed by atoms with van der Waals surface area (Å²) in [6, 6.07) is 9.27. The average Bonchev–Trinajstić information content (AvgIpc) is 2.75. The van der Waals surface area contributed by atoms with Crippen LogP contribution in [0.2, 0.25) is 0 Å². The van der Waals surface area contributed by atoms with Crippen molar-refractivity contribution in [1.82, 2.24) is 15.1 Å². The summed E-state index contributed by atoms with van der Waals surface area (Å²) in [7, 11) is 4.03. The summed E-state index contributed by atoms with van der Waals surface area (Å²) in [5.41, 5.74) is 4.33. The molecule has 1 N–H and O–H groups in total. The van der Waals surface area contributed by atoms with Crippen molar-refractivity contribution in [1.29, 1.82) is 0 Å². The van der Waals surface area contributed by atoms with Crippen molar-refractivity contribution in [3.05, 3.63) is 53.3 Å². The highest BCUT2D eigenvalue weighted by Crippen LogP contribution is 2.38. The number of benzene rings is 1. The first kappa shape index (κ1) is 11.5. The minimum Gasteiger partial charge on any atom is -0.316 e. The quantitative estimate of drug-likeness (QED) is 0.886. The number of hydrogen-bond donors (Lipinski definition) is 1. The number of nitrogens with zero attached hydrogens (tertiary/aromatic N) is 2. The van der Waals surface area contributed by atoms with E-state index in [1.54, 1.807) is 0 Å². The van der Waals surface area contributed by atoms with Gasteiger partial charge < -0.3 is 5.32 Å². The van der Waals surface area contributed by atoms with E-state index in [1.807, 2.05) is 17.9 Å². The van der Waals surface area contributed by atoms with Crippen LogP contribution in [0.1, 0.15) is 22.6 Å². The van der Waals surface area contributed by atoms with E-state index in [0.717, 1.165) is 6.42 Å². The minimum atomic E-state index is 0.504. The van der Waals surface area contributed by atoms with Crippen molar-refractivity contribution >= 4 is 0 Å². The van der Waals surface area contributed by atoms with E-state index in [9.17, 15) is 0 Å². The van der Waals surface area contributed by atoms with Crippen LogP contribution >= 0.6 is 0 Å². The predicted octanol–water partition coefficient (Wildman–Crippen LogP) is 1.89. The van der Waals surface area contributed by atoms with Crippen molar-refractivity contribution in [3.63, 3.8) is 0 Å². The van der Waals surface area contributed by atoms with Crippen molar-refractivity contribution in [3.8, 4) is 0 Å². The normalized spacial score (nSPS) is 19.1. The first-order valence-electron chi connectivity index (χ1n) is 6.50. The largest absolute Gasteiger partial charge is 0.316 e. The van der Waals surface area contributed by atoms with Gasteiger partial charge in [0.05, 0.1) is 6.20 Å². The molecule has 0 spiro atoms. The maximum absolute atomic E-state index is 4.24. The van der Waals surface area contributed by atoms with Crippen LogP contribution in [0.15, 0.2) is 36.7 Å². The highest BCUT2D eigenvalue weighted by Gasteiger charge is 2.31. The Kier molecular flexibility index (Phi) is 2.92. The van der Waals surface area contributed by atoms with Gasteiger partial charge in [-0.05, 0) is 36.6 Å². The van der Waals surface area contributed by atoms with Gasteiger partial charge >= 0.3 is 0 Å². The maximum atomic E-state index is 4.24. The maximum Gasteiger partial charge on any atom is 0.0522 e. The van der Waals surface area contributed by atoms with Crippen LogP contribution in [-0.2, 0) is 19.9 Å². The molecule has 1 heterocycles. The Hall–Kier alpha value is -1.61. The lowest BCUT2D eigenvalue weighted by atomic mass is 9.72. The Labute approximate surface area is 108 Å². The molecule has 0 saturated carbocycles. The molecule has 0 radical (unpaired) electrons. The van der Waals surface area contributed by atoms with E-state index in [0.29, 0.717) is 12.0 Å². The molecule has 1 aliphatic rings. The third-order valence-corrected chi connectivity index (χ3v) is 3.96. The lowest BCUT2D eigenvalue weighted by Gasteiger charge is -2.36. The molecule has 3 heteroatoms. The van der Waals surface area contributed by atoms with Gasteiger partial charge in [-0.2, -0.15) is 5.10 Å². The molecule has 2 aromatic rings. The van der Waals surface area contributed by atoms with Gasteiger partial charge in [-0.15, -0.1) is 0 Å². The molecular weight excluding hydrogens is 222 g/mol. The van der Waals surface area contributed by atoms with Crippen LogP contribution in [0.5, 0.6) is 0 Å². The van der Waals surface area contributed by atoms with Crippen LogP contribution in [0.25, 0.3) is 0 Å². The summed E-state index contributed by atoms with van der Waals surface area (Å²) in [5, 5.41) is 7.71. The zero-order valence-electron chi connectivity index (χ0n) is 10.9. The highest BCUT2D eigenvalue weighted by molar-refractivity contribution is 5.41. The zero-order valence-corrected chi connectivity index (χ0v) is 10.9. The molecule has 1 aromatic carbocycles. The topological polar surface area (TPSA) is 29.9 Å². The Morgan fingerprint density at radius 2 is 2.28 bits per heavy atom. The number of fused-ring (bicyclic) bond motifs is 1. The molecule has 0 bridgehead atoms. The minimum absolute atomic E-state index is 0.504. The third kappa shape index (κ3) is 1.95. The summed E-state index contributed by atoms with van der Waals surface area (Å²) in [4.78, 5) is 0. The first-order chi connectivity index (χ1) is 8.78. The first-order valence-corrected chi connectivity index (χ1v) is 6.50. The summed E-state index contributed by atoms with van der Waals surface area (Å²) in [5.74, 6) is 0.645. The Morgan fingerprint density at radius 3 is 2.94 bits per heavy atom. The van der Waals surface area contributed by atoms with Gasteiger partial charge in [-0.1, -0.05) is 24.3 Å². The van der Waals surface area contributed by atoms with Crippen LogP contribution in [0.4, 0.5) is 0 Å². The fourth-order valence-corrected chi connectivity index (χ4v) is 2.93. The van der Waals surface area contributed by atoms with Crippen molar-refractivity contribution in [2.75, 3.05) is 7.05 Å². The zero-order chi connectivity index (χ0) is 12.5. The molecule has 3 nitrogen and oxygen atoms in total. The van der Waals surface area contributed by atoms with Gasteiger partial charge in [-0.25, -0.2) is 0 Å². The number of rotatable bonds is 4. The molecule has 0 fully saturated rings. The Morgan fingerprint density at radius 1 is 1.44 bits per heavy atom. The van der Waals surface area contributed by atoms with Crippen LogP contribution in [-0.4, -0.2) is 22.9 Å². The van der Waals surface area contributed by atoms with E-state index < -0.39 is 0 Å². The molecule has 2 atom stereocenters. The second kappa shape index (κ2) is 4.58. The summed E-state index contributed by atoms with van der Waals surface area (Å²) < 4.78 is 1.87. The number of hydrogen-bond acceptors (Lipinski definition) is 2. The molecule has 1 aromatic heterocycles. The molecule has 0 amide bonds. The van der Waals surface area contributed by atoms with Gasteiger partial charge in [0.1, 0.15) is 0 Å². The molecule has 1 aliphatic carbocycles. The van der Waals surface area contributed by atoms with E-state index in [1.165, 1.54) is 23.1 Å². The third-order valence-electron chi connectivity index (χ3n) is 3.96. The standard InChI is InChI=1S/C15H19N3/c1-16-15(7-11-9-17-18(2)10-11)14-8-12-5-3-4-6-13(12)14/h3-6,9-10,14-16H,7-8H2,1-2H3. The van der Waals surface area contributed by atoms with E-state index >= 15 is 0 Å². The number of nitrogens with one attached hydrogen (secondary N) is 1. The fraction of sp³-hybridized carbons (Fsp3) is 0.400. The molecule has 2 unspecified atom stereocenters. The number of likely N-dealkylation sites (N-methyl/N-ethyl adjacent to an activating group) is 1. The molecule has 18 heavy (non-hydrogen) atoms. The number of aromatic nitrogens is 2. The Bertz CT molecular complexity index is 544. The van der Waals surface area contributed by atoms with Crippen molar-refractivity contribution < 1.29 is 0 Å². The van der Waals surface area contributed by atoms with Gasteiger partial charge in [0.25, 0.3) is 0 Å². The average molecular weight is 241 g/mol. The van der Waals surface area contributed by atoms with Crippen LogP contribution < -0.4 is 5.32 Å². The lowest BCUT2D eigenvalue weighted by Crippen LogP contribution is -2.39. The lowest BCUT2D eigenvalue weighted by molar-refractivity contribution is 0.422. The monoisotopic (exact) mass is 241 g/mol. The van der Waals surface area contributed by atoms with Crippen molar-refractivity contribution in [2.24, 2.45) is 7.05 Å². The van der Waals surface area contributed by atoms with Crippen LogP contribution in [0, 0.1) is 0 Å². The Balaban J connectivity index is 1.75. The van der Waals surface area contributed by atoms with Crippen molar-refractivity contribution in [2.45, 2.75) is 24.8 Å². The summed E-state index contributed by atoms with van der Waals surface area (Å²) in [6.07, 6.45) is 6.31. The molecule has 0 saturated heterocycles. The molecular formula is C15H19N3. The van der Waals surface area contributed by atoms with E-state index in [-0.39, 0.29) is 0 Å². The molecule has 3 rings (SSSR count). The second-order valence-corrected chi connectivity index (χ2v) is 5.13. The fourth-order valence-electron chi connectivity index (χ4n) is 2.93.